The number of allylic oxidation sites excluding steroid dienone is 1. The van der Waals surface area contributed by atoms with Gasteiger partial charge in [0.25, 0.3) is 0 Å². The Morgan fingerprint density at radius 3 is 2.85 bits per heavy atom. The molecule has 0 aliphatic heterocycles. The van der Waals surface area contributed by atoms with Crippen LogP contribution in [0.4, 0.5) is 0 Å². The standard InChI is InChI=1S/C17H25NO2/c1-3-5-6-11-20-16-10-7-14(12-17(16)19-4-2)13-18-15-8-9-15/h3,7,10,12,15,18H,1,4-6,8-9,11,13H2,2H3. The Labute approximate surface area is 122 Å². The number of hydrogen-bond donors (Lipinski definition) is 1. The Balaban J connectivity index is 1.92. The molecule has 0 amide bonds. The number of rotatable bonds is 10. The topological polar surface area (TPSA) is 30.5 Å². The van der Waals surface area contributed by atoms with Crippen molar-refractivity contribution < 1.29 is 9.47 Å². The minimum Gasteiger partial charge on any atom is -0.490 e. The van der Waals surface area contributed by atoms with Crippen LogP contribution >= 0.6 is 0 Å². The van der Waals surface area contributed by atoms with Crippen molar-refractivity contribution in [1.82, 2.24) is 5.32 Å². The van der Waals surface area contributed by atoms with E-state index in [0.29, 0.717) is 13.2 Å². The molecule has 3 heteroatoms. The van der Waals surface area contributed by atoms with E-state index in [1.807, 2.05) is 19.1 Å². The predicted octanol–water partition coefficient (Wildman–Crippen LogP) is 3.68. The van der Waals surface area contributed by atoms with Gasteiger partial charge in [-0.05, 0) is 50.3 Å². The van der Waals surface area contributed by atoms with Gasteiger partial charge in [-0.25, -0.2) is 0 Å². The molecule has 0 radical (unpaired) electrons. The summed E-state index contributed by atoms with van der Waals surface area (Å²) in [6.45, 7) is 7.97. The summed E-state index contributed by atoms with van der Waals surface area (Å²) >= 11 is 0. The van der Waals surface area contributed by atoms with Gasteiger partial charge in [-0.15, -0.1) is 6.58 Å². The molecule has 1 saturated carbocycles. The number of unbranched alkanes of at least 4 members (excludes halogenated alkanes) is 1. The van der Waals surface area contributed by atoms with Crippen molar-refractivity contribution in [3.63, 3.8) is 0 Å². The fourth-order valence-corrected chi connectivity index (χ4v) is 2.01. The molecule has 0 aromatic heterocycles. The van der Waals surface area contributed by atoms with Crippen LogP contribution in [0.3, 0.4) is 0 Å². The summed E-state index contributed by atoms with van der Waals surface area (Å²) in [7, 11) is 0. The maximum Gasteiger partial charge on any atom is 0.161 e. The van der Waals surface area contributed by atoms with Crippen LogP contribution in [0.25, 0.3) is 0 Å². The van der Waals surface area contributed by atoms with Crippen LogP contribution < -0.4 is 14.8 Å². The van der Waals surface area contributed by atoms with E-state index in [0.717, 1.165) is 36.9 Å². The largest absolute Gasteiger partial charge is 0.490 e. The minimum atomic E-state index is 0.655. The SMILES string of the molecule is C=CCCCOc1ccc(CNC2CC2)cc1OCC. The second-order valence-electron chi connectivity index (χ2n) is 5.15. The third-order valence-corrected chi connectivity index (χ3v) is 3.29. The molecule has 3 nitrogen and oxygen atoms in total. The lowest BCUT2D eigenvalue weighted by Crippen LogP contribution is -2.15. The summed E-state index contributed by atoms with van der Waals surface area (Å²) in [6.07, 6.45) is 6.50. The molecule has 1 aromatic carbocycles. The van der Waals surface area contributed by atoms with Crippen LogP contribution in [0.5, 0.6) is 11.5 Å². The molecule has 20 heavy (non-hydrogen) atoms. The van der Waals surface area contributed by atoms with E-state index in [2.05, 4.69) is 24.0 Å². The molecule has 0 saturated heterocycles. The number of hydrogen-bond acceptors (Lipinski definition) is 3. The van der Waals surface area contributed by atoms with Crippen LogP contribution in [0, 0.1) is 0 Å². The van der Waals surface area contributed by atoms with E-state index in [4.69, 9.17) is 9.47 Å². The van der Waals surface area contributed by atoms with Gasteiger partial charge in [-0.1, -0.05) is 12.1 Å². The number of nitrogens with one attached hydrogen (secondary N) is 1. The Kier molecular flexibility index (Phi) is 5.93. The van der Waals surface area contributed by atoms with Crippen LogP contribution in [0.2, 0.25) is 0 Å². The molecule has 0 unspecified atom stereocenters. The predicted molar refractivity (Wildman–Crippen MR) is 82.4 cm³/mol. The molecule has 0 atom stereocenters. The molecule has 1 fully saturated rings. The van der Waals surface area contributed by atoms with E-state index in [1.54, 1.807) is 0 Å². The Morgan fingerprint density at radius 1 is 1.30 bits per heavy atom. The summed E-state index contributed by atoms with van der Waals surface area (Å²) in [5, 5.41) is 3.51. The first kappa shape index (κ1) is 14.9. The van der Waals surface area contributed by atoms with Gasteiger partial charge in [-0.2, -0.15) is 0 Å². The van der Waals surface area contributed by atoms with Gasteiger partial charge in [0.15, 0.2) is 11.5 Å². The highest BCUT2D eigenvalue weighted by atomic mass is 16.5. The first-order valence-corrected chi connectivity index (χ1v) is 7.56. The second-order valence-corrected chi connectivity index (χ2v) is 5.15. The molecular formula is C17H25NO2. The monoisotopic (exact) mass is 275 g/mol. The van der Waals surface area contributed by atoms with Crippen molar-refractivity contribution in [3.05, 3.63) is 36.4 Å². The van der Waals surface area contributed by atoms with Gasteiger partial charge in [0.1, 0.15) is 0 Å². The molecule has 1 aliphatic carbocycles. The highest BCUT2D eigenvalue weighted by Gasteiger charge is 2.20. The van der Waals surface area contributed by atoms with Crippen molar-refractivity contribution in [2.45, 2.75) is 45.2 Å². The lowest BCUT2D eigenvalue weighted by Gasteiger charge is -2.13. The Bertz CT molecular complexity index is 427. The van der Waals surface area contributed by atoms with E-state index in [1.165, 1.54) is 18.4 Å². The molecular weight excluding hydrogens is 250 g/mol. The fourth-order valence-electron chi connectivity index (χ4n) is 2.01. The zero-order valence-electron chi connectivity index (χ0n) is 12.4. The van der Waals surface area contributed by atoms with Crippen molar-refractivity contribution >= 4 is 0 Å². The molecule has 0 spiro atoms. The van der Waals surface area contributed by atoms with Gasteiger partial charge in [0.05, 0.1) is 13.2 Å². The van der Waals surface area contributed by atoms with Crippen molar-refractivity contribution in [1.29, 1.82) is 0 Å². The highest BCUT2D eigenvalue weighted by molar-refractivity contribution is 5.43. The summed E-state index contributed by atoms with van der Waals surface area (Å²) in [5.41, 5.74) is 1.25. The van der Waals surface area contributed by atoms with Gasteiger partial charge in [0, 0.05) is 12.6 Å². The summed E-state index contributed by atoms with van der Waals surface area (Å²) in [6, 6.07) is 6.94. The van der Waals surface area contributed by atoms with E-state index in [9.17, 15) is 0 Å². The Hall–Kier alpha value is -1.48. The molecule has 2 rings (SSSR count). The van der Waals surface area contributed by atoms with Gasteiger partial charge < -0.3 is 14.8 Å². The molecule has 1 aliphatic rings. The summed E-state index contributed by atoms with van der Waals surface area (Å²) in [4.78, 5) is 0. The zero-order valence-corrected chi connectivity index (χ0v) is 12.4. The Morgan fingerprint density at radius 2 is 2.15 bits per heavy atom. The highest BCUT2D eigenvalue weighted by Crippen LogP contribution is 2.29. The van der Waals surface area contributed by atoms with E-state index in [-0.39, 0.29) is 0 Å². The van der Waals surface area contributed by atoms with Crippen molar-refractivity contribution in [3.8, 4) is 11.5 Å². The number of ether oxygens (including phenoxy) is 2. The van der Waals surface area contributed by atoms with Crippen LogP contribution in [0.1, 0.15) is 38.2 Å². The lowest BCUT2D eigenvalue weighted by atomic mass is 10.2. The third-order valence-electron chi connectivity index (χ3n) is 3.29. The van der Waals surface area contributed by atoms with Crippen LogP contribution in [-0.2, 0) is 6.54 Å². The zero-order chi connectivity index (χ0) is 14.2. The number of benzene rings is 1. The molecule has 0 bridgehead atoms. The summed E-state index contributed by atoms with van der Waals surface area (Å²) < 4.78 is 11.5. The van der Waals surface area contributed by atoms with Crippen LogP contribution in [-0.4, -0.2) is 19.3 Å². The molecule has 110 valence electrons. The first-order valence-electron chi connectivity index (χ1n) is 7.56. The molecule has 1 aromatic rings. The van der Waals surface area contributed by atoms with Gasteiger partial charge >= 0.3 is 0 Å². The molecule has 1 N–H and O–H groups in total. The maximum atomic E-state index is 5.79. The van der Waals surface area contributed by atoms with Crippen LogP contribution in [0.15, 0.2) is 30.9 Å². The molecule has 0 heterocycles. The van der Waals surface area contributed by atoms with Crippen molar-refractivity contribution in [2.75, 3.05) is 13.2 Å². The van der Waals surface area contributed by atoms with E-state index < -0.39 is 0 Å². The smallest absolute Gasteiger partial charge is 0.161 e. The normalized spacial score (nSPS) is 14.1. The first-order chi connectivity index (χ1) is 9.83. The lowest BCUT2D eigenvalue weighted by molar-refractivity contribution is 0.274. The quantitative estimate of drug-likeness (QED) is 0.522. The average molecular weight is 275 g/mol. The average Bonchev–Trinajstić information content (AvgIpc) is 3.27. The fraction of sp³-hybridized carbons (Fsp3) is 0.529. The third kappa shape index (κ3) is 4.89. The second kappa shape index (κ2) is 7.95. The van der Waals surface area contributed by atoms with Gasteiger partial charge in [0.2, 0.25) is 0 Å². The minimum absolute atomic E-state index is 0.655. The van der Waals surface area contributed by atoms with Crippen molar-refractivity contribution in [2.24, 2.45) is 0 Å². The van der Waals surface area contributed by atoms with Gasteiger partial charge in [-0.3, -0.25) is 0 Å². The maximum absolute atomic E-state index is 5.79. The summed E-state index contributed by atoms with van der Waals surface area (Å²) in [5.74, 6) is 1.69. The van der Waals surface area contributed by atoms with E-state index >= 15 is 0 Å².